The van der Waals surface area contributed by atoms with E-state index in [-0.39, 0.29) is 11.2 Å². The van der Waals surface area contributed by atoms with E-state index in [2.05, 4.69) is 118 Å². The number of hydrogen-bond acceptors (Lipinski definition) is 2. The van der Waals surface area contributed by atoms with Gasteiger partial charge in [0.15, 0.2) is 0 Å². The zero-order valence-electron chi connectivity index (χ0n) is 47.2. The molecule has 0 fully saturated rings. The summed E-state index contributed by atoms with van der Waals surface area (Å²) in [5, 5.41) is 0. The Balaban J connectivity index is 1.23. The Bertz CT molecular complexity index is 1640. The molecule has 4 rings (SSSR count). The highest BCUT2D eigenvalue weighted by Crippen LogP contribution is 2.45. The van der Waals surface area contributed by atoms with Crippen molar-refractivity contribution >= 4 is 0 Å². The lowest BCUT2D eigenvalue weighted by atomic mass is 9.80. The van der Waals surface area contributed by atoms with Crippen LogP contribution in [0.25, 0.3) is 0 Å². The zero-order chi connectivity index (χ0) is 48.8. The van der Waals surface area contributed by atoms with Crippen molar-refractivity contribution < 1.29 is 9.47 Å². The summed E-state index contributed by atoms with van der Waals surface area (Å²) >= 11 is 0. The zero-order valence-corrected chi connectivity index (χ0v) is 47.2. The molecular weight excluding hydrogens is 801 g/mol. The van der Waals surface area contributed by atoms with Crippen LogP contribution in [0.5, 0.6) is 11.5 Å². The highest BCUT2D eigenvalue weighted by atomic mass is 16.5. The molecule has 0 amide bonds. The van der Waals surface area contributed by atoms with Crippen LogP contribution in [-0.4, -0.2) is 11.2 Å². The van der Waals surface area contributed by atoms with E-state index in [0.29, 0.717) is 5.92 Å². The van der Waals surface area contributed by atoms with Gasteiger partial charge < -0.3 is 9.47 Å². The Morgan fingerprint density at radius 1 is 0.364 bits per heavy atom. The Morgan fingerprint density at radius 3 is 0.970 bits per heavy atom. The fourth-order valence-electron chi connectivity index (χ4n) is 12.4. The molecule has 0 spiro atoms. The minimum Gasteiger partial charge on any atom is -0.487 e. The van der Waals surface area contributed by atoms with Gasteiger partial charge in [0.25, 0.3) is 0 Å². The molecule has 0 bridgehead atoms. The molecule has 2 aliphatic rings. The van der Waals surface area contributed by atoms with Gasteiger partial charge in [-0.3, -0.25) is 0 Å². The highest BCUT2D eigenvalue weighted by Gasteiger charge is 2.36. The molecule has 0 saturated carbocycles. The maximum atomic E-state index is 7.06. The maximum absolute atomic E-state index is 7.06. The third-order valence-corrected chi connectivity index (χ3v) is 17.9. The second kappa shape index (κ2) is 26.9. The second-order valence-corrected chi connectivity index (χ2v) is 25.3. The summed E-state index contributed by atoms with van der Waals surface area (Å²) in [7, 11) is 0. The van der Waals surface area contributed by atoms with Crippen LogP contribution in [0, 0.1) is 83.0 Å². The van der Waals surface area contributed by atoms with Crippen LogP contribution in [0.2, 0.25) is 0 Å². The van der Waals surface area contributed by atoms with Gasteiger partial charge in [-0.05, 0) is 229 Å². The first-order valence-electron chi connectivity index (χ1n) is 28.7. The number of hydrogen-bond donors (Lipinski definition) is 0. The lowest BCUT2D eigenvalue weighted by Crippen LogP contribution is -2.37. The van der Waals surface area contributed by atoms with Crippen LogP contribution < -0.4 is 9.47 Å². The predicted molar refractivity (Wildman–Crippen MR) is 291 cm³/mol. The maximum Gasteiger partial charge on any atom is 0.126 e. The van der Waals surface area contributed by atoms with Gasteiger partial charge in [-0.2, -0.15) is 0 Å². The molecule has 0 aliphatic carbocycles. The normalized spacial score (nSPS) is 20.7. The number of benzene rings is 2. The fraction of sp³-hybridized carbons (Fsp3) is 0.812. The average molecular weight is 912 g/mol. The lowest BCUT2D eigenvalue weighted by molar-refractivity contribution is 0.0510. The van der Waals surface area contributed by atoms with Crippen LogP contribution in [0.1, 0.15) is 273 Å². The largest absolute Gasteiger partial charge is 0.487 e. The Labute approximate surface area is 412 Å². The van der Waals surface area contributed by atoms with Crippen LogP contribution in [-0.2, 0) is 25.7 Å². The van der Waals surface area contributed by atoms with Crippen molar-refractivity contribution in [3.8, 4) is 11.5 Å². The Kier molecular flexibility index (Phi) is 23.0. The molecule has 2 aromatic rings. The summed E-state index contributed by atoms with van der Waals surface area (Å²) in [6.45, 7) is 40.9. The van der Waals surface area contributed by atoms with E-state index in [9.17, 15) is 0 Å². The van der Waals surface area contributed by atoms with Crippen molar-refractivity contribution in [1.82, 2.24) is 0 Å². The van der Waals surface area contributed by atoms with Gasteiger partial charge in [0.2, 0.25) is 0 Å². The Morgan fingerprint density at radius 2 is 0.652 bits per heavy atom. The number of fused-ring (bicyclic) bond motifs is 2. The standard InChI is InChI=1S/C64H110O2/c1-44(2)24-18-26-46(5)28-20-30-48(7)32-22-40-63(16)42-38-59-55(14)57(51(10)53(12)61(59)65-63)36-34-50(9)35-37-58-52(11)54(13)62-60(56(58)15)39-43-64(17,66-62)41-23-33-49(8)31-21-29-47(6)27-19-25-45(3)4/h44-50H,18-43H2,1-17H3/t46-,47+,48-,49+,50?,63-,64+. The summed E-state index contributed by atoms with van der Waals surface area (Å²) in [5.74, 6) is 8.21. The van der Waals surface area contributed by atoms with E-state index in [1.165, 1.54) is 197 Å². The molecule has 7 atom stereocenters. The molecule has 2 nitrogen and oxygen atoms in total. The van der Waals surface area contributed by atoms with Gasteiger partial charge >= 0.3 is 0 Å². The molecule has 2 heteroatoms. The molecule has 0 saturated heterocycles. The first-order valence-corrected chi connectivity index (χ1v) is 28.7. The molecule has 66 heavy (non-hydrogen) atoms. The molecule has 2 heterocycles. The van der Waals surface area contributed by atoms with E-state index < -0.39 is 0 Å². The van der Waals surface area contributed by atoms with Crippen molar-refractivity contribution in [3.63, 3.8) is 0 Å². The fourth-order valence-corrected chi connectivity index (χ4v) is 12.4. The third-order valence-electron chi connectivity index (χ3n) is 17.9. The minimum atomic E-state index is -0.0437. The number of rotatable bonds is 30. The van der Waals surface area contributed by atoms with Gasteiger partial charge in [-0.15, -0.1) is 0 Å². The Hall–Kier alpha value is -1.96. The summed E-state index contributed by atoms with van der Waals surface area (Å²) < 4.78 is 14.1. The second-order valence-electron chi connectivity index (χ2n) is 25.3. The van der Waals surface area contributed by atoms with Gasteiger partial charge in [0.1, 0.15) is 22.7 Å². The van der Waals surface area contributed by atoms with Gasteiger partial charge in [0.05, 0.1) is 0 Å². The minimum absolute atomic E-state index is 0.0437. The van der Waals surface area contributed by atoms with Crippen LogP contribution >= 0.6 is 0 Å². The third kappa shape index (κ3) is 17.2. The SMILES string of the molecule is Cc1c(C)c2c(c(C)c1CCC(C)CCc1c(C)c(C)c3c(c1C)CC[C@@](C)(CCC[C@H](C)CCC[C@H](C)CCCC(C)C)O3)CC[C@](C)(CCC[C@@H](C)CCC[C@@H](C)CCCC(C)C)O2. The van der Waals surface area contributed by atoms with Crippen molar-refractivity contribution in [2.45, 2.75) is 296 Å². The molecule has 0 N–H and O–H groups in total. The van der Waals surface area contributed by atoms with Crippen molar-refractivity contribution in [3.05, 3.63) is 55.6 Å². The molecule has 0 radical (unpaired) electrons. The van der Waals surface area contributed by atoms with Crippen LogP contribution in [0.4, 0.5) is 0 Å². The lowest BCUT2D eigenvalue weighted by Gasteiger charge is -2.39. The number of ether oxygens (including phenoxy) is 2. The van der Waals surface area contributed by atoms with Gasteiger partial charge in [-0.1, -0.05) is 152 Å². The summed E-state index contributed by atoms with van der Waals surface area (Å²) in [4.78, 5) is 0. The molecular formula is C64H110O2. The average Bonchev–Trinajstić information content (AvgIpc) is 3.24. The van der Waals surface area contributed by atoms with Crippen molar-refractivity contribution in [2.24, 2.45) is 41.4 Å². The summed E-state index contributed by atoms with van der Waals surface area (Å²) in [5.41, 5.74) is 14.9. The topological polar surface area (TPSA) is 18.5 Å². The van der Waals surface area contributed by atoms with E-state index in [1.54, 1.807) is 11.1 Å². The quantitative estimate of drug-likeness (QED) is 0.0777. The van der Waals surface area contributed by atoms with Crippen LogP contribution in [0.3, 0.4) is 0 Å². The highest BCUT2D eigenvalue weighted by molar-refractivity contribution is 5.57. The molecule has 1 unspecified atom stereocenters. The van der Waals surface area contributed by atoms with E-state index in [0.717, 1.165) is 61.2 Å². The van der Waals surface area contributed by atoms with Gasteiger partial charge in [-0.25, -0.2) is 0 Å². The molecule has 2 aromatic carbocycles. The predicted octanol–water partition coefficient (Wildman–Crippen LogP) is 19.8. The van der Waals surface area contributed by atoms with E-state index in [1.807, 2.05) is 0 Å². The first-order chi connectivity index (χ1) is 31.1. The summed E-state index contributed by atoms with van der Waals surface area (Å²) in [6.07, 6.45) is 33.7. The molecule has 0 aromatic heterocycles. The van der Waals surface area contributed by atoms with Gasteiger partial charge in [0, 0.05) is 0 Å². The van der Waals surface area contributed by atoms with Crippen molar-refractivity contribution in [2.75, 3.05) is 0 Å². The monoisotopic (exact) mass is 911 g/mol. The van der Waals surface area contributed by atoms with E-state index in [4.69, 9.17) is 9.47 Å². The molecule has 378 valence electrons. The molecule has 2 aliphatic heterocycles. The van der Waals surface area contributed by atoms with Crippen molar-refractivity contribution in [1.29, 1.82) is 0 Å². The smallest absolute Gasteiger partial charge is 0.126 e. The first kappa shape index (κ1) is 56.6. The van der Waals surface area contributed by atoms with E-state index >= 15 is 0 Å². The van der Waals surface area contributed by atoms with Crippen LogP contribution in [0.15, 0.2) is 0 Å². The summed E-state index contributed by atoms with van der Waals surface area (Å²) in [6, 6.07) is 0.